The number of hydrogen-bond donors (Lipinski definition) is 1. The van der Waals surface area contributed by atoms with Gasteiger partial charge in [-0.05, 0) is 31.5 Å². The molecule has 18 heavy (non-hydrogen) atoms. The van der Waals surface area contributed by atoms with Crippen molar-refractivity contribution in [1.29, 1.82) is 0 Å². The van der Waals surface area contributed by atoms with Crippen molar-refractivity contribution < 1.29 is 14.6 Å². The summed E-state index contributed by atoms with van der Waals surface area (Å²) in [6.07, 6.45) is 0.444. The quantitative estimate of drug-likeness (QED) is 0.833. The molecule has 100 valence electrons. The lowest BCUT2D eigenvalue weighted by Gasteiger charge is -2.16. The Balaban J connectivity index is 2.64. The van der Waals surface area contributed by atoms with Gasteiger partial charge in [0.1, 0.15) is 5.75 Å². The molecule has 0 radical (unpaired) electrons. The van der Waals surface area contributed by atoms with Crippen LogP contribution in [0.15, 0.2) is 24.3 Å². The number of carbonyl (C=O) groups excluding carboxylic acids is 1. The molecule has 4 heteroatoms. The number of benzene rings is 1. The van der Waals surface area contributed by atoms with Crippen molar-refractivity contribution in [2.45, 2.75) is 26.4 Å². The molecule has 1 amide bonds. The van der Waals surface area contributed by atoms with E-state index in [-0.39, 0.29) is 18.6 Å². The van der Waals surface area contributed by atoms with Crippen LogP contribution < -0.4 is 4.74 Å². The fourth-order valence-corrected chi connectivity index (χ4v) is 1.59. The third kappa shape index (κ3) is 4.75. The van der Waals surface area contributed by atoms with E-state index in [4.69, 9.17) is 9.84 Å². The van der Waals surface area contributed by atoms with Gasteiger partial charge in [0.25, 0.3) is 0 Å². The second-order valence-corrected chi connectivity index (χ2v) is 4.53. The van der Waals surface area contributed by atoms with Crippen LogP contribution >= 0.6 is 0 Å². The topological polar surface area (TPSA) is 49.8 Å². The largest absolute Gasteiger partial charge is 0.491 e. The van der Waals surface area contributed by atoms with E-state index in [2.05, 4.69) is 0 Å². The summed E-state index contributed by atoms with van der Waals surface area (Å²) in [5.41, 5.74) is 0.919. The lowest BCUT2D eigenvalue weighted by atomic mass is 10.1. The summed E-state index contributed by atoms with van der Waals surface area (Å²) in [7, 11) is 1.69. The normalized spacial score (nSPS) is 10.5. The zero-order valence-electron chi connectivity index (χ0n) is 11.2. The number of carbonyl (C=O) groups is 1. The molecule has 0 aliphatic rings. The highest BCUT2D eigenvalue weighted by atomic mass is 16.5. The number of nitrogens with zero attached hydrogens (tertiary/aromatic N) is 1. The molecule has 0 atom stereocenters. The van der Waals surface area contributed by atoms with Crippen molar-refractivity contribution in [3.05, 3.63) is 29.8 Å². The number of aliphatic hydroxyl groups excluding tert-OH is 1. The second kappa shape index (κ2) is 7.01. The zero-order valence-corrected chi connectivity index (χ0v) is 11.2. The molecule has 1 N–H and O–H groups in total. The van der Waals surface area contributed by atoms with Crippen molar-refractivity contribution in [2.75, 3.05) is 20.2 Å². The standard InChI is InChI=1S/C14H21NO3/c1-11(2)18-13-6-4-5-12(9-13)10-14(17)15(3)7-8-16/h4-6,9,11,16H,7-8,10H2,1-3H3. The predicted octanol–water partition coefficient (Wildman–Crippen LogP) is 1.47. The van der Waals surface area contributed by atoms with Crippen molar-refractivity contribution in [1.82, 2.24) is 4.90 Å². The van der Waals surface area contributed by atoms with Crippen LogP contribution in [0.1, 0.15) is 19.4 Å². The summed E-state index contributed by atoms with van der Waals surface area (Å²) in [5.74, 6) is 0.769. The first kappa shape index (κ1) is 14.5. The van der Waals surface area contributed by atoms with E-state index >= 15 is 0 Å². The van der Waals surface area contributed by atoms with Gasteiger partial charge in [0, 0.05) is 13.6 Å². The molecule has 0 aliphatic carbocycles. The minimum absolute atomic E-state index is 0.00857. The minimum atomic E-state index is -0.0151. The van der Waals surface area contributed by atoms with E-state index in [0.29, 0.717) is 13.0 Å². The Hall–Kier alpha value is -1.55. The molecule has 0 bridgehead atoms. The van der Waals surface area contributed by atoms with Crippen LogP contribution in [-0.2, 0) is 11.2 Å². The molecular weight excluding hydrogens is 230 g/mol. The monoisotopic (exact) mass is 251 g/mol. The Morgan fingerprint density at radius 3 is 2.78 bits per heavy atom. The summed E-state index contributed by atoms with van der Waals surface area (Å²) in [6.45, 7) is 4.28. The average Bonchev–Trinajstić information content (AvgIpc) is 2.28. The summed E-state index contributed by atoms with van der Waals surface area (Å²) in [4.78, 5) is 13.3. The summed E-state index contributed by atoms with van der Waals surface area (Å²) in [6, 6.07) is 7.54. The molecule has 4 nitrogen and oxygen atoms in total. The Bertz CT molecular complexity index is 390. The summed E-state index contributed by atoms with van der Waals surface area (Å²) in [5, 5.41) is 8.78. The highest BCUT2D eigenvalue weighted by molar-refractivity contribution is 5.78. The van der Waals surface area contributed by atoms with Gasteiger partial charge >= 0.3 is 0 Å². The highest BCUT2D eigenvalue weighted by Crippen LogP contribution is 2.15. The number of amides is 1. The SMILES string of the molecule is CC(C)Oc1cccc(CC(=O)N(C)CCO)c1. The van der Waals surface area contributed by atoms with Crippen LogP contribution in [0.5, 0.6) is 5.75 Å². The lowest BCUT2D eigenvalue weighted by Crippen LogP contribution is -2.30. The van der Waals surface area contributed by atoms with Gasteiger partial charge in [0.15, 0.2) is 0 Å². The van der Waals surface area contributed by atoms with Gasteiger partial charge in [0.2, 0.25) is 5.91 Å². The Morgan fingerprint density at radius 2 is 2.17 bits per heavy atom. The van der Waals surface area contributed by atoms with Gasteiger partial charge in [-0.15, -0.1) is 0 Å². The average molecular weight is 251 g/mol. The number of likely N-dealkylation sites (N-methyl/N-ethyl adjacent to an activating group) is 1. The number of ether oxygens (including phenoxy) is 1. The van der Waals surface area contributed by atoms with E-state index in [9.17, 15) is 4.79 Å². The molecule has 0 saturated heterocycles. The van der Waals surface area contributed by atoms with Gasteiger partial charge in [-0.25, -0.2) is 0 Å². The third-order valence-electron chi connectivity index (χ3n) is 2.49. The second-order valence-electron chi connectivity index (χ2n) is 4.53. The number of aliphatic hydroxyl groups is 1. The molecule has 1 aromatic carbocycles. The zero-order chi connectivity index (χ0) is 13.5. The molecule has 0 aromatic heterocycles. The molecular formula is C14H21NO3. The maximum Gasteiger partial charge on any atom is 0.226 e. The first-order valence-electron chi connectivity index (χ1n) is 6.13. The maximum atomic E-state index is 11.8. The van der Waals surface area contributed by atoms with Gasteiger partial charge in [-0.2, -0.15) is 0 Å². The molecule has 0 spiro atoms. The van der Waals surface area contributed by atoms with E-state index < -0.39 is 0 Å². The van der Waals surface area contributed by atoms with Crippen LogP contribution in [0.3, 0.4) is 0 Å². The van der Waals surface area contributed by atoms with E-state index in [1.165, 1.54) is 4.90 Å². The van der Waals surface area contributed by atoms with Crippen LogP contribution in [0.25, 0.3) is 0 Å². The van der Waals surface area contributed by atoms with Crippen LogP contribution in [0.4, 0.5) is 0 Å². The molecule has 1 aromatic rings. The fourth-order valence-electron chi connectivity index (χ4n) is 1.59. The van der Waals surface area contributed by atoms with Crippen LogP contribution in [-0.4, -0.2) is 42.2 Å². The first-order valence-corrected chi connectivity index (χ1v) is 6.13. The molecule has 0 heterocycles. The smallest absolute Gasteiger partial charge is 0.226 e. The molecule has 0 unspecified atom stereocenters. The maximum absolute atomic E-state index is 11.8. The van der Waals surface area contributed by atoms with Crippen LogP contribution in [0.2, 0.25) is 0 Å². The van der Waals surface area contributed by atoms with Crippen molar-refractivity contribution in [3.8, 4) is 5.75 Å². The lowest BCUT2D eigenvalue weighted by molar-refractivity contribution is -0.129. The van der Waals surface area contributed by atoms with Gasteiger partial charge in [-0.3, -0.25) is 4.79 Å². The summed E-state index contributed by atoms with van der Waals surface area (Å²) >= 11 is 0. The third-order valence-corrected chi connectivity index (χ3v) is 2.49. The van der Waals surface area contributed by atoms with Crippen LogP contribution in [0, 0.1) is 0 Å². The number of rotatable bonds is 6. The van der Waals surface area contributed by atoms with Gasteiger partial charge in [0.05, 0.1) is 19.1 Å². The predicted molar refractivity (Wildman–Crippen MR) is 70.6 cm³/mol. The van der Waals surface area contributed by atoms with Gasteiger partial charge < -0.3 is 14.7 Å². The molecule has 0 fully saturated rings. The Morgan fingerprint density at radius 1 is 1.44 bits per heavy atom. The Kier molecular flexibility index (Phi) is 5.65. The fraction of sp³-hybridized carbons (Fsp3) is 0.500. The minimum Gasteiger partial charge on any atom is -0.491 e. The van der Waals surface area contributed by atoms with E-state index in [0.717, 1.165) is 11.3 Å². The van der Waals surface area contributed by atoms with Crippen molar-refractivity contribution in [2.24, 2.45) is 0 Å². The van der Waals surface area contributed by atoms with E-state index in [1.807, 2.05) is 38.1 Å². The highest BCUT2D eigenvalue weighted by Gasteiger charge is 2.09. The van der Waals surface area contributed by atoms with E-state index in [1.54, 1.807) is 7.05 Å². The summed E-state index contributed by atoms with van der Waals surface area (Å²) < 4.78 is 5.58. The van der Waals surface area contributed by atoms with Gasteiger partial charge in [-0.1, -0.05) is 12.1 Å². The molecule has 0 aliphatic heterocycles. The van der Waals surface area contributed by atoms with Crippen molar-refractivity contribution >= 4 is 5.91 Å². The van der Waals surface area contributed by atoms with Crippen molar-refractivity contribution in [3.63, 3.8) is 0 Å². The molecule has 1 rings (SSSR count). The number of hydrogen-bond acceptors (Lipinski definition) is 3. The Labute approximate surface area is 108 Å². The molecule has 0 saturated carbocycles. The first-order chi connectivity index (χ1) is 8.52.